The monoisotopic (exact) mass is 373 g/mol. The van der Waals surface area contributed by atoms with E-state index >= 15 is 0 Å². The molecule has 0 saturated carbocycles. The smallest absolute Gasteiger partial charge is 0.231 e. The molecule has 1 amide bonds. The highest BCUT2D eigenvalue weighted by Gasteiger charge is 2.57. The first-order valence-corrected chi connectivity index (χ1v) is 10.2. The summed E-state index contributed by atoms with van der Waals surface area (Å²) in [4.78, 5) is 26.9. The molecule has 0 aliphatic carbocycles. The number of carbonyl (C=O) groups is 1. The third-order valence-corrected chi connectivity index (χ3v) is 6.67. The molecule has 140 valence electrons. The summed E-state index contributed by atoms with van der Waals surface area (Å²) in [6, 6.07) is 0.384. The van der Waals surface area contributed by atoms with Crippen molar-refractivity contribution in [2.75, 3.05) is 26.7 Å². The normalized spacial score (nSPS) is 26.7. The Bertz CT molecular complexity index is 812. The van der Waals surface area contributed by atoms with Crippen molar-refractivity contribution >= 4 is 17.2 Å². The van der Waals surface area contributed by atoms with Gasteiger partial charge in [-0.3, -0.25) is 4.79 Å². The molecule has 1 spiro atoms. The van der Waals surface area contributed by atoms with Crippen molar-refractivity contribution in [2.45, 2.75) is 45.7 Å². The van der Waals surface area contributed by atoms with Crippen LogP contribution in [0.15, 0.2) is 17.9 Å². The van der Waals surface area contributed by atoms with E-state index in [-0.39, 0.29) is 17.2 Å². The maximum Gasteiger partial charge on any atom is 0.231 e. The fourth-order valence-corrected chi connectivity index (χ4v) is 5.09. The topological polar surface area (TPSA) is 54.3 Å². The summed E-state index contributed by atoms with van der Waals surface area (Å²) >= 11 is 1.65. The van der Waals surface area contributed by atoms with Crippen molar-refractivity contribution in [3.05, 3.63) is 34.3 Å². The van der Waals surface area contributed by atoms with Crippen molar-refractivity contribution < 1.29 is 4.79 Å². The van der Waals surface area contributed by atoms with Crippen LogP contribution >= 0.6 is 11.3 Å². The third kappa shape index (κ3) is 2.87. The molecule has 0 aromatic carbocycles. The first kappa shape index (κ1) is 17.7. The van der Waals surface area contributed by atoms with Gasteiger partial charge >= 0.3 is 0 Å². The maximum absolute atomic E-state index is 13.5. The molecule has 2 atom stereocenters. The van der Waals surface area contributed by atoms with E-state index in [9.17, 15) is 4.79 Å². The Morgan fingerprint density at radius 3 is 2.88 bits per heavy atom. The Hall–Kier alpha value is -1.73. The third-order valence-electron chi connectivity index (χ3n) is 5.85. The Morgan fingerprint density at radius 1 is 1.42 bits per heavy atom. The van der Waals surface area contributed by atoms with E-state index < -0.39 is 0 Å². The molecule has 2 aliphatic heterocycles. The molecule has 2 aliphatic rings. The first-order valence-electron chi connectivity index (χ1n) is 9.31. The second-order valence-corrected chi connectivity index (χ2v) is 9.14. The Balaban J connectivity index is 1.59. The fraction of sp³-hybridized carbons (Fsp3) is 0.632. The van der Waals surface area contributed by atoms with Crippen LogP contribution in [0.3, 0.4) is 0 Å². The number of hydrogen-bond donors (Lipinski definition) is 0. The van der Waals surface area contributed by atoms with Gasteiger partial charge in [-0.15, -0.1) is 11.3 Å². The zero-order valence-corrected chi connectivity index (χ0v) is 16.8. The van der Waals surface area contributed by atoms with E-state index in [0.717, 1.165) is 42.5 Å². The molecule has 6 nitrogen and oxygen atoms in total. The number of aryl methyl sites for hydroxylation is 1. The second-order valence-electron chi connectivity index (χ2n) is 8.08. The van der Waals surface area contributed by atoms with E-state index in [1.165, 1.54) is 0 Å². The van der Waals surface area contributed by atoms with Gasteiger partial charge in [-0.2, -0.15) is 0 Å². The van der Waals surface area contributed by atoms with Crippen LogP contribution in [0, 0.1) is 12.3 Å². The summed E-state index contributed by atoms with van der Waals surface area (Å²) in [5, 5.41) is 3.12. The minimum absolute atomic E-state index is 0.169. The van der Waals surface area contributed by atoms with Crippen LogP contribution in [0.2, 0.25) is 0 Å². The van der Waals surface area contributed by atoms with E-state index in [1.807, 2.05) is 18.2 Å². The predicted octanol–water partition coefficient (Wildman–Crippen LogP) is 2.68. The first-order chi connectivity index (χ1) is 12.4. The molecule has 0 N–H and O–H groups in total. The van der Waals surface area contributed by atoms with Gasteiger partial charge < -0.3 is 14.4 Å². The lowest BCUT2D eigenvalue weighted by Gasteiger charge is -2.27. The molecule has 2 saturated heterocycles. The van der Waals surface area contributed by atoms with Crippen LogP contribution in [0.1, 0.15) is 48.6 Å². The lowest BCUT2D eigenvalue weighted by Crippen LogP contribution is -2.39. The highest BCUT2D eigenvalue weighted by atomic mass is 32.1. The summed E-state index contributed by atoms with van der Waals surface area (Å²) in [6.45, 7) is 9.46. The van der Waals surface area contributed by atoms with E-state index in [4.69, 9.17) is 0 Å². The molecule has 2 aromatic rings. The van der Waals surface area contributed by atoms with Crippen LogP contribution in [-0.4, -0.2) is 56.9 Å². The van der Waals surface area contributed by atoms with Crippen molar-refractivity contribution in [3.63, 3.8) is 0 Å². The van der Waals surface area contributed by atoms with Crippen molar-refractivity contribution in [1.29, 1.82) is 0 Å². The van der Waals surface area contributed by atoms with Gasteiger partial charge in [0.25, 0.3) is 0 Å². The molecular weight excluding hydrogens is 346 g/mol. The minimum Gasteiger partial charge on any atom is -0.336 e. The number of likely N-dealkylation sites (N-methyl/N-ethyl adjacent to an activating group) is 1. The maximum atomic E-state index is 13.5. The van der Waals surface area contributed by atoms with Crippen LogP contribution in [-0.2, 0) is 11.3 Å². The van der Waals surface area contributed by atoms with Gasteiger partial charge in [0, 0.05) is 43.2 Å². The van der Waals surface area contributed by atoms with Crippen LogP contribution in [0.4, 0.5) is 0 Å². The van der Waals surface area contributed by atoms with Crippen molar-refractivity contribution in [3.8, 4) is 0 Å². The lowest BCUT2D eigenvalue weighted by molar-refractivity contribution is -0.136. The highest BCUT2D eigenvalue weighted by Crippen LogP contribution is 2.49. The Morgan fingerprint density at radius 2 is 2.23 bits per heavy atom. The summed E-state index contributed by atoms with van der Waals surface area (Å²) in [5.74, 6) is 0.443. The molecular formula is C19H27N5OS. The van der Waals surface area contributed by atoms with Gasteiger partial charge in [-0.05, 0) is 34.2 Å². The lowest BCUT2D eigenvalue weighted by atomic mass is 9.75. The van der Waals surface area contributed by atoms with Gasteiger partial charge in [-0.1, -0.05) is 0 Å². The molecule has 0 bridgehead atoms. The standard InChI is InChI=1S/C19H27N5OS/c1-13(2)24-9-17(20-12-24)16-8-22(4)11-19(16)5-6-23(18(19)25)7-15-10-26-14(3)21-15/h9-10,12-13,16H,5-8,11H2,1-4H3/t16-,19+/m0/s1. The fourth-order valence-electron chi connectivity index (χ4n) is 4.49. The van der Waals surface area contributed by atoms with Gasteiger partial charge in [0.15, 0.2) is 0 Å². The average Bonchev–Trinajstić information content (AvgIpc) is 3.33. The van der Waals surface area contributed by atoms with Gasteiger partial charge in [0.2, 0.25) is 5.91 Å². The van der Waals surface area contributed by atoms with E-state index in [2.05, 4.69) is 51.9 Å². The summed E-state index contributed by atoms with van der Waals surface area (Å²) in [7, 11) is 2.11. The minimum atomic E-state index is -0.337. The molecule has 0 unspecified atom stereocenters. The zero-order chi connectivity index (χ0) is 18.5. The number of aromatic nitrogens is 3. The Labute approximate surface area is 158 Å². The molecule has 4 heterocycles. The number of imidazole rings is 1. The average molecular weight is 374 g/mol. The molecule has 4 rings (SSSR count). The summed E-state index contributed by atoms with van der Waals surface area (Å²) < 4.78 is 2.14. The Kier molecular flexibility index (Phi) is 4.39. The number of nitrogens with zero attached hydrogens (tertiary/aromatic N) is 5. The number of amides is 1. The molecule has 26 heavy (non-hydrogen) atoms. The van der Waals surface area contributed by atoms with Crippen LogP contribution in [0.25, 0.3) is 0 Å². The van der Waals surface area contributed by atoms with E-state index in [1.54, 1.807) is 11.3 Å². The zero-order valence-electron chi connectivity index (χ0n) is 16.0. The number of hydrogen-bond acceptors (Lipinski definition) is 5. The number of carbonyl (C=O) groups excluding carboxylic acids is 1. The molecule has 2 aromatic heterocycles. The quantitative estimate of drug-likeness (QED) is 0.827. The van der Waals surface area contributed by atoms with Gasteiger partial charge in [0.05, 0.1) is 34.7 Å². The molecule has 7 heteroatoms. The number of rotatable bonds is 4. The second kappa shape index (κ2) is 6.46. The van der Waals surface area contributed by atoms with Crippen LogP contribution < -0.4 is 0 Å². The highest BCUT2D eigenvalue weighted by molar-refractivity contribution is 7.09. The summed E-state index contributed by atoms with van der Waals surface area (Å²) in [5.41, 5.74) is 1.73. The van der Waals surface area contributed by atoms with Gasteiger partial charge in [-0.25, -0.2) is 9.97 Å². The molecule has 0 radical (unpaired) electrons. The largest absolute Gasteiger partial charge is 0.336 e. The molecule has 2 fully saturated rings. The van der Waals surface area contributed by atoms with Gasteiger partial charge in [0.1, 0.15) is 0 Å². The number of thiazole rings is 1. The van der Waals surface area contributed by atoms with Crippen molar-refractivity contribution in [1.82, 2.24) is 24.3 Å². The SMILES string of the molecule is Cc1nc(CN2CC[C@]3(CN(C)C[C@H]3c3cn(C(C)C)cn3)C2=O)cs1. The predicted molar refractivity (Wildman–Crippen MR) is 102 cm³/mol. The van der Waals surface area contributed by atoms with E-state index in [0.29, 0.717) is 12.6 Å². The number of likely N-dealkylation sites (tertiary alicyclic amines) is 2. The van der Waals surface area contributed by atoms with Crippen LogP contribution in [0.5, 0.6) is 0 Å². The summed E-state index contributed by atoms with van der Waals surface area (Å²) in [6.07, 6.45) is 4.94. The van der Waals surface area contributed by atoms with Crippen molar-refractivity contribution in [2.24, 2.45) is 5.41 Å².